The second kappa shape index (κ2) is 4.76. The van der Waals surface area contributed by atoms with Crippen molar-refractivity contribution >= 4 is 17.6 Å². The van der Waals surface area contributed by atoms with Crippen LogP contribution >= 0.6 is 0 Å². The summed E-state index contributed by atoms with van der Waals surface area (Å²) in [6, 6.07) is 2.12. The molecular formula is C10H7N5O5. The van der Waals surface area contributed by atoms with Crippen molar-refractivity contribution in [3.8, 4) is 5.82 Å². The van der Waals surface area contributed by atoms with Gasteiger partial charge in [0, 0.05) is 18.5 Å². The van der Waals surface area contributed by atoms with Crippen molar-refractivity contribution in [3.63, 3.8) is 0 Å². The first-order valence-electron chi connectivity index (χ1n) is 5.13. The van der Waals surface area contributed by atoms with Gasteiger partial charge in [-0.1, -0.05) is 0 Å². The zero-order valence-electron chi connectivity index (χ0n) is 9.76. The molecular weight excluding hydrogens is 270 g/mol. The standard InChI is InChI=1S/C10H7N5O5/c11-8(16)6-1-2-14(13-6)9-7(15(19)20)3-5(4-12-9)10(17)18/h1-4H,(H2,11,16)(H,17,18). The fraction of sp³-hybridized carbons (Fsp3) is 0. The summed E-state index contributed by atoms with van der Waals surface area (Å²) in [5, 5.41) is 23.5. The van der Waals surface area contributed by atoms with E-state index in [0.717, 1.165) is 16.9 Å². The van der Waals surface area contributed by atoms with E-state index in [1.54, 1.807) is 0 Å². The van der Waals surface area contributed by atoms with E-state index < -0.39 is 22.5 Å². The van der Waals surface area contributed by atoms with Gasteiger partial charge < -0.3 is 10.8 Å². The Hall–Kier alpha value is -3.30. The molecule has 2 heterocycles. The molecule has 10 nitrogen and oxygen atoms in total. The van der Waals surface area contributed by atoms with Gasteiger partial charge >= 0.3 is 11.7 Å². The van der Waals surface area contributed by atoms with Crippen molar-refractivity contribution in [2.24, 2.45) is 5.73 Å². The average Bonchev–Trinajstić information content (AvgIpc) is 2.87. The molecule has 10 heteroatoms. The number of aromatic nitrogens is 3. The highest BCUT2D eigenvalue weighted by atomic mass is 16.6. The second-order valence-electron chi connectivity index (χ2n) is 3.64. The van der Waals surface area contributed by atoms with Crippen LogP contribution in [0.4, 0.5) is 5.69 Å². The lowest BCUT2D eigenvalue weighted by atomic mass is 10.2. The van der Waals surface area contributed by atoms with Gasteiger partial charge in [0.25, 0.3) is 5.91 Å². The number of amides is 1. The number of nitrogens with two attached hydrogens (primary N) is 1. The number of nitrogens with zero attached hydrogens (tertiary/aromatic N) is 4. The summed E-state index contributed by atoms with van der Waals surface area (Å²) in [7, 11) is 0. The van der Waals surface area contributed by atoms with Gasteiger partial charge in [0.2, 0.25) is 5.82 Å². The monoisotopic (exact) mass is 277 g/mol. The van der Waals surface area contributed by atoms with Gasteiger partial charge in [-0.15, -0.1) is 0 Å². The minimum Gasteiger partial charge on any atom is -0.478 e. The zero-order valence-corrected chi connectivity index (χ0v) is 9.76. The highest BCUT2D eigenvalue weighted by Crippen LogP contribution is 2.21. The predicted octanol–water partition coefficient (Wildman–Crippen LogP) is -0.0274. The maximum absolute atomic E-state index is 11.0. The van der Waals surface area contributed by atoms with Crippen LogP contribution in [0.25, 0.3) is 5.82 Å². The number of carbonyl (C=O) groups excluding carboxylic acids is 1. The molecule has 0 saturated carbocycles. The summed E-state index contributed by atoms with van der Waals surface area (Å²) >= 11 is 0. The predicted molar refractivity (Wildman–Crippen MR) is 63.5 cm³/mol. The van der Waals surface area contributed by atoms with E-state index in [-0.39, 0.29) is 17.1 Å². The maximum Gasteiger partial charge on any atom is 0.337 e. The van der Waals surface area contributed by atoms with E-state index in [9.17, 15) is 19.7 Å². The van der Waals surface area contributed by atoms with Crippen LogP contribution in [0, 0.1) is 10.1 Å². The summed E-state index contributed by atoms with van der Waals surface area (Å²) in [6.07, 6.45) is 2.21. The summed E-state index contributed by atoms with van der Waals surface area (Å²) in [5.74, 6) is -2.36. The first kappa shape index (κ1) is 13.1. The maximum atomic E-state index is 11.0. The summed E-state index contributed by atoms with van der Waals surface area (Å²) in [6.45, 7) is 0. The van der Waals surface area contributed by atoms with Gasteiger partial charge in [-0.05, 0) is 6.07 Å². The van der Waals surface area contributed by atoms with Crippen LogP contribution in [0.2, 0.25) is 0 Å². The third-order valence-corrected chi connectivity index (χ3v) is 2.35. The van der Waals surface area contributed by atoms with E-state index >= 15 is 0 Å². The summed E-state index contributed by atoms with van der Waals surface area (Å²) in [4.78, 5) is 35.5. The largest absolute Gasteiger partial charge is 0.478 e. The Kier molecular flexibility index (Phi) is 3.13. The summed E-state index contributed by atoms with van der Waals surface area (Å²) in [5.41, 5.74) is 4.04. The lowest BCUT2D eigenvalue weighted by Crippen LogP contribution is -2.13. The Balaban J connectivity index is 2.57. The van der Waals surface area contributed by atoms with Crippen molar-refractivity contribution in [3.05, 3.63) is 45.9 Å². The van der Waals surface area contributed by atoms with Crippen molar-refractivity contribution in [1.82, 2.24) is 14.8 Å². The Morgan fingerprint density at radius 3 is 2.65 bits per heavy atom. The zero-order chi connectivity index (χ0) is 14.9. The highest BCUT2D eigenvalue weighted by molar-refractivity contribution is 5.90. The molecule has 0 saturated heterocycles. The lowest BCUT2D eigenvalue weighted by molar-refractivity contribution is -0.385. The topological polar surface area (TPSA) is 154 Å². The van der Waals surface area contributed by atoms with E-state index in [1.807, 2.05) is 0 Å². The molecule has 0 atom stereocenters. The van der Waals surface area contributed by atoms with Crippen molar-refractivity contribution in [1.29, 1.82) is 0 Å². The molecule has 0 aromatic carbocycles. The number of carboxylic acids is 1. The first-order chi connectivity index (χ1) is 9.40. The van der Waals surface area contributed by atoms with Crippen LogP contribution < -0.4 is 5.73 Å². The molecule has 2 aromatic rings. The number of hydrogen-bond acceptors (Lipinski definition) is 6. The summed E-state index contributed by atoms with van der Waals surface area (Å²) < 4.78 is 0.976. The molecule has 1 amide bonds. The molecule has 3 N–H and O–H groups in total. The third kappa shape index (κ3) is 2.29. The molecule has 2 rings (SSSR count). The van der Waals surface area contributed by atoms with Crippen LogP contribution in [0.1, 0.15) is 20.8 Å². The van der Waals surface area contributed by atoms with E-state index in [4.69, 9.17) is 10.8 Å². The molecule has 0 aliphatic heterocycles. The van der Waals surface area contributed by atoms with Gasteiger partial charge in [-0.2, -0.15) is 5.10 Å². The number of primary amides is 1. The minimum atomic E-state index is -1.34. The first-order valence-corrected chi connectivity index (χ1v) is 5.13. The van der Waals surface area contributed by atoms with Crippen LogP contribution in [0.3, 0.4) is 0 Å². The smallest absolute Gasteiger partial charge is 0.337 e. The second-order valence-corrected chi connectivity index (χ2v) is 3.64. The fourth-order valence-corrected chi connectivity index (χ4v) is 1.45. The molecule has 0 radical (unpaired) electrons. The third-order valence-electron chi connectivity index (χ3n) is 2.35. The van der Waals surface area contributed by atoms with Gasteiger partial charge in [0.15, 0.2) is 0 Å². The molecule has 0 bridgehead atoms. The van der Waals surface area contributed by atoms with Gasteiger partial charge in [0.05, 0.1) is 10.5 Å². The van der Waals surface area contributed by atoms with Gasteiger partial charge in [0.1, 0.15) is 5.69 Å². The molecule has 0 aliphatic rings. The SMILES string of the molecule is NC(=O)c1ccn(-c2ncc(C(=O)O)cc2[N+](=O)[O-])n1. The van der Waals surface area contributed by atoms with Gasteiger partial charge in [-0.25, -0.2) is 14.5 Å². The Morgan fingerprint density at radius 2 is 2.15 bits per heavy atom. The molecule has 2 aromatic heterocycles. The molecule has 20 heavy (non-hydrogen) atoms. The van der Waals surface area contributed by atoms with Crippen molar-refractivity contribution in [2.75, 3.05) is 0 Å². The number of nitro groups is 1. The van der Waals surface area contributed by atoms with Crippen LogP contribution in [0.5, 0.6) is 0 Å². The number of carbonyl (C=O) groups is 2. The quantitative estimate of drug-likeness (QED) is 0.587. The molecule has 0 fully saturated rings. The average molecular weight is 277 g/mol. The fourth-order valence-electron chi connectivity index (χ4n) is 1.45. The number of pyridine rings is 1. The Morgan fingerprint density at radius 1 is 1.45 bits per heavy atom. The highest BCUT2D eigenvalue weighted by Gasteiger charge is 2.21. The lowest BCUT2D eigenvalue weighted by Gasteiger charge is -2.02. The normalized spacial score (nSPS) is 10.2. The van der Waals surface area contributed by atoms with E-state index in [2.05, 4.69) is 10.1 Å². The number of aromatic carboxylic acids is 1. The van der Waals surface area contributed by atoms with Crippen molar-refractivity contribution < 1.29 is 19.6 Å². The molecule has 102 valence electrons. The van der Waals surface area contributed by atoms with Crippen molar-refractivity contribution in [2.45, 2.75) is 0 Å². The number of carboxylic acid groups (broad SMARTS) is 1. The Labute approximate surface area is 110 Å². The van der Waals surface area contributed by atoms with Crippen LogP contribution in [-0.4, -0.2) is 36.7 Å². The minimum absolute atomic E-state index is 0.0941. The molecule has 0 unspecified atom stereocenters. The molecule has 0 spiro atoms. The van der Waals surface area contributed by atoms with Crippen LogP contribution in [0.15, 0.2) is 24.5 Å². The number of rotatable bonds is 4. The van der Waals surface area contributed by atoms with E-state index in [1.165, 1.54) is 12.3 Å². The number of hydrogen-bond donors (Lipinski definition) is 2. The van der Waals surface area contributed by atoms with Crippen LogP contribution in [-0.2, 0) is 0 Å². The Bertz CT molecular complexity index is 723. The van der Waals surface area contributed by atoms with E-state index in [0.29, 0.717) is 0 Å². The molecule has 0 aliphatic carbocycles. The van der Waals surface area contributed by atoms with Gasteiger partial charge in [-0.3, -0.25) is 14.9 Å².